The van der Waals surface area contributed by atoms with Crippen LogP contribution in [0, 0.1) is 0 Å². The number of carbonyl (C=O) groups excluding carboxylic acids is 2. The first-order valence-corrected chi connectivity index (χ1v) is 7.34. The van der Waals surface area contributed by atoms with Crippen LogP contribution in [0.3, 0.4) is 0 Å². The van der Waals surface area contributed by atoms with Gasteiger partial charge in [-0.15, -0.1) is 11.3 Å². The number of ether oxygens (including phenoxy) is 1. The molecule has 0 saturated carbocycles. The Labute approximate surface area is 131 Å². The molecule has 0 aromatic carbocycles. The number of thiophene rings is 1. The summed E-state index contributed by atoms with van der Waals surface area (Å²) in [5, 5.41) is 13.2. The molecule has 0 fully saturated rings. The van der Waals surface area contributed by atoms with Gasteiger partial charge in [-0.2, -0.15) is 0 Å². The van der Waals surface area contributed by atoms with Gasteiger partial charge < -0.3 is 15.2 Å². The number of nitrogens with one attached hydrogen (secondary N) is 1. The van der Waals surface area contributed by atoms with Gasteiger partial charge in [-0.3, -0.25) is 9.59 Å². The molecule has 1 heterocycles. The number of esters is 1. The molecule has 116 valence electrons. The van der Waals surface area contributed by atoms with Crippen molar-refractivity contribution in [3.05, 3.63) is 21.3 Å². The lowest BCUT2D eigenvalue weighted by atomic mass is 10.1. The highest BCUT2D eigenvalue weighted by Gasteiger charge is 2.27. The quantitative estimate of drug-likeness (QED) is 0.807. The largest absolute Gasteiger partial charge is 0.480 e. The molecule has 0 aliphatic rings. The van der Waals surface area contributed by atoms with E-state index in [0.717, 1.165) is 11.3 Å². The fraction of sp³-hybridized carbons (Fsp3) is 0.462. The van der Waals surface area contributed by atoms with Crippen LogP contribution in [-0.2, 0) is 14.3 Å². The number of hydrogen-bond donors (Lipinski definition) is 2. The van der Waals surface area contributed by atoms with Crippen LogP contribution >= 0.6 is 22.9 Å². The second-order valence-electron chi connectivity index (χ2n) is 5.25. The maximum Gasteiger partial charge on any atom is 0.326 e. The van der Waals surface area contributed by atoms with Gasteiger partial charge in [0.2, 0.25) is 0 Å². The molecule has 1 aromatic rings. The van der Waals surface area contributed by atoms with Gasteiger partial charge in [0.15, 0.2) is 0 Å². The number of hydrogen-bond acceptors (Lipinski definition) is 5. The van der Waals surface area contributed by atoms with E-state index in [-0.39, 0.29) is 9.90 Å². The van der Waals surface area contributed by atoms with Crippen molar-refractivity contribution in [3.63, 3.8) is 0 Å². The van der Waals surface area contributed by atoms with Gasteiger partial charge in [-0.1, -0.05) is 11.6 Å². The molecule has 0 spiro atoms. The highest BCUT2D eigenvalue weighted by atomic mass is 35.5. The second-order valence-corrected chi connectivity index (χ2v) is 6.58. The van der Waals surface area contributed by atoms with Gasteiger partial charge in [0.05, 0.1) is 11.4 Å². The van der Waals surface area contributed by atoms with Gasteiger partial charge in [0.25, 0.3) is 5.91 Å². The lowest BCUT2D eigenvalue weighted by molar-refractivity contribution is -0.158. The number of rotatable bonds is 5. The van der Waals surface area contributed by atoms with Gasteiger partial charge in [0, 0.05) is 0 Å². The Bertz CT molecular complexity index is 549. The Morgan fingerprint density at radius 1 is 1.43 bits per heavy atom. The minimum atomic E-state index is -1.37. The Kier molecular flexibility index (Phi) is 5.74. The molecule has 8 heteroatoms. The third-order valence-corrected chi connectivity index (χ3v) is 3.56. The predicted molar refractivity (Wildman–Crippen MR) is 78.7 cm³/mol. The van der Waals surface area contributed by atoms with E-state index < -0.39 is 35.9 Å². The molecule has 0 aliphatic heterocycles. The molecule has 0 saturated heterocycles. The van der Waals surface area contributed by atoms with E-state index in [1.54, 1.807) is 26.2 Å². The zero-order valence-electron chi connectivity index (χ0n) is 11.8. The summed E-state index contributed by atoms with van der Waals surface area (Å²) in [7, 11) is 0. The lowest BCUT2D eigenvalue weighted by Gasteiger charge is -2.21. The molecule has 1 rings (SSSR count). The molecule has 0 unspecified atom stereocenters. The van der Waals surface area contributed by atoms with Crippen LogP contribution in [0.1, 0.15) is 36.9 Å². The van der Waals surface area contributed by atoms with E-state index in [0.29, 0.717) is 0 Å². The van der Waals surface area contributed by atoms with Crippen molar-refractivity contribution in [2.24, 2.45) is 0 Å². The molecule has 1 amide bonds. The summed E-state index contributed by atoms with van der Waals surface area (Å²) in [5.41, 5.74) is -0.721. The topological polar surface area (TPSA) is 92.7 Å². The normalized spacial score (nSPS) is 12.6. The average Bonchev–Trinajstić information content (AvgIpc) is 2.71. The zero-order valence-corrected chi connectivity index (χ0v) is 13.4. The minimum absolute atomic E-state index is 0.201. The fourth-order valence-electron chi connectivity index (χ4n) is 1.43. The van der Waals surface area contributed by atoms with Crippen LogP contribution in [0.15, 0.2) is 11.4 Å². The number of carboxylic acids is 1. The average molecular weight is 334 g/mol. The van der Waals surface area contributed by atoms with Crippen molar-refractivity contribution >= 4 is 40.8 Å². The number of halogens is 1. The smallest absolute Gasteiger partial charge is 0.326 e. The third-order valence-electron chi connectivity index (χ3n) is 2.22. The predicted octanol–water partition coefficient (Wildman–Crippen LogP) is 2.32. The van der Waals surface area contributed by atoms with Crippen LogP contribution in [0.5, 0.6) is 0 Å². The summed E-state index contributed by atoms with van der Waals surface area (Å²) >= 11 is 6.89. The standard InChI is InChI=1S/C13H16ClNO5S/c1-13(2,3)20-9(16)6-8(12(18)19)15-11(17)10-7(14)4-5-21-10/h4-5,8H,6H2,1-3H3,(H,15,17)(H,18,19)/t8-/m0/s1. The van der Waals surface area contributed by atoms with E-state index in [4.69, 9.17) is 21.4 Å². The van der Waals surface area contributed by atoms with Gasteiger partial charge in [0.1, 0.15) is 16.5 Å². The molecular formula is C13H16ClNO5S. The van der Waals surface area contributed by atoms with E-state index in [1.807, 2.05) is 0 Å². The van der Waals surface area contributed by atoms with E-state index in [2.05, 4.69) is 5.32 Å². The molecule has 6 nitrogen and oxygen atoms in total. The third kappa shape index (κ3) is 5.73. The van der Waals surface area contributed by atoms with Crippen molar-refractivity contribution in [1.82, 2.24) is 5.32 Å². The summed E-state index contributed by atoms with van der Waals surface area (Å²) in [6.45, 7) is 5.01. The SMILES string of the molecule is CC(C)(C)OC(=O)C[C@H](NC(=O)c1sccc1Cl)C(=O)O. The molecule has 0 radical (unpaired) electrons. The van der Waals surface area contributed by atoms with Crippen LogP contribution in [0.25, 0.3) is 0 Å². The minimum Gasteiger partial charge on any atom is -0.480 e. The maximum atomic E-state index is 11.9. The maximum absolute atomic E-state index is 11.9. The fourth-order valence-corrected chi connectivity index (χ4v) is 2.47. The summed E-state index contributed by atoms with van der Waals surface area (Å²) in [6, 6.07) is 0.163. The Morgan fingerprint density at radius 2 is 2.05 bits per heavy atom. The number of aliphatic carboxylic acids is 1. The molecule has 1 atom stereocenters. The Morgan fingerprint density at radius 3 is 2.48 bits per heavy atom. The molecule has 2 N–H and O–H groups in total. The monoisotopic (exact) mass is 333 g/mol. The highest BCUT2D eigenvalue weighted by Crippen LogP contribution is 2.22. The van der Waals surface area contributed by atoms with Crippen molar-refractivity contribution in [1.29, 1.82) is 0 Å². The Hall–Kier alpha value is -1.60. The summed E-state index contributed by atoms with van der Waals surface area (Å²) in [5.74, 6) is -2.65. The lowest BCUT2D eigenvalue weighted by Crippen LogP contribution is -2.43. The first kappa shape index (κ1) is 17.5. The summed E-state index contributed by atoms with van der Waals surface area (Å²) in [6.07, 6.45) is -0.457. The van der Waals surface area contributed by atoms with Crippen LogP contribution in [0.4, 0.5) is 0 Å². The van der Waals surface area contributed by atoms with Crippen molar-refractivity contribution in [3.8, 4) is 0 Å². The first-order valence-electron chi connectivity index (χ1n) is 6.08. The summed E-state index contributed by atoms with van der Waals surface area (Å²) in [4.78, 5) is 34.9. The number of carboxylic acid groups (broad SMARTS) is 1. The first-order chi connectivity index (χ1) is 9.60. The van der Waals surface area contributed by atoms with Crippen molar-refractivity contribution in [2.45, 2.75) is 38.8 Å². The van der Waals surface area contributed by atoms with Gasteiger partial charge in [-0.25, -0.2) is 4.79 Å². The number of amides is 1. The molecule has 0 aliphatic carbocycles. The van der Waals surface area contributed by atoms with Gasteiger partial charge in [-0.05, 0) is 32.2 Å². The van der Waals surface area contributed by atoms with Crippen LogP contribution in [-0.4, -0.2) is 34.6 Å². The molecule has 0 bridgehead atoms. The zero-order chi connectivity index (χ0) is 16.2. The van der Waals surface area contributed by atoms with Gasteiger partial charge >= 0.3 is 11.9 Å². The van der Waals surface area contributed by atoms with E-state index >= 15 is 0 Å². The van der Waals surface area contributed by atoms with E-state index in [9.17, 15) is 14.4 Å². The molecule has 21 heavy (non-hydrogen) atoms. The number of carbonyl (C=O) groups is 3. The summed E-state index contributed by atoms with van der Waals surface area (Å²) < 4.78 is 5.04. The highest BCUT2D eigenvalue weighted by molar-refractivity contribution is 7.12. The van der Waals surface area contributed by atoms with Crippen LogP contribution in [0.2, 0.25) is 5.02 Å². The molecular weight excluding hydrogens is 318 g/mol. The Balaban J connectivity index is 2.71. The van der Waals surface area contributed by atoms with Crippen LogP contribution < -0.4 is 5.32 Å². The second kappa shape index (κ2) is 6.91. The van der Waals surface area contributed by atoms with Crippen molar-refractivity contribution in [2.75, 3.05) is 0 Å². The van der Waals surface area contributed by atoms with Crippen molar-refractivity contribution < 1.29 is 24.2 Å². The molecule has 1 aromatic heterocycles. The van der Waals surface area contributed by atoms with E-state index in [1.165, 1.54) is 6.07 Å².